The van der Waals surface area contributed by atoms with Crippen molar-refractivity contribution in [2.45, 2.75) is 45.2 Å². The van der Waals surface area contributed by atoms with Crippen molar-refractivity contribution in [2.75, 3.05) is 5.32 Å². The molecule has 1 N–H and O–H groups in total. The van der Waals surface area contributed by atoms with Crippen molar-refractivity contribution in [3.63, 3.8) is 0 Å². The molecule has 1 heterocycles. The van der Waals surface area contributed by atoms with E-state index in [1.807, 2.05) is 13.8 Å². The molecular formula is C15H18BrFN2O2. The number of carbonyl (C=O) groups excluding carboxylic acids is 2. The number of hydrogen-bond donors (Lipinski definition) is 1. The van der Waals surface area contributed by atoms with E-state index < -0.39 is 11.9 Å². The zero-order valence-corrected chi connectivity index (χ0v) is 13.6. The highest BCUT2D eigenvalue weighted by Gasteiger charge is 2.41. The molecule has 2 rings (SSSR count). The first-order valence-electron chi connectivity index (χ1n) is 7.05. The van der Waals surface area contributed by atoms with Gasteiger partial charge in [0.05, 0.1) is 12.1 Å². The molecule has 0 spiro atoms. The van der Waals surface area contributed by atoms with Gasteiger partial charge in [0, 0.05) is 10.5 Å². The molecule has 6 heteroatoms. The van der Waals surface area contributed by atoms with Crippen molar-refractivity contribution in [1.82, 2.24) is 4.90 Å². The molecule has 21 heavy (non-hydrogen) atoms. The van der Waals surface area contributed by atoms with Gasteiger partial charge in [0.25, 0.3) is 5.91 Å². The van der Waals surface area contributed by atoms with Crippen LogP contribution in [0.25, 0.3) is 0 Å². The molecule has 4 nitrogen and oxygen atoms in total. The van der Waals surface area contributed by atoms with Gasteiger partial charge < -0.3 is 5.32 Å². The van der Waals surface area contributed by atoms with E-state index >= 15 is 0 Å². The third-order valence-electron chi connectivity index (χ3n) is 3.75. The van der Waals surface area contributed by atoms with Crippen molar-refractivity contribution in [3.05, 3.63) is 28.5 Å². The smallest absolute Gasteiger partial charge is 0.252 e. The third-order valence-corrected chi connectivity index (χ3v) is 4.44. The van der Waals surface area contributed by atoms with Crippen LogP contribution < -0.4 is 5.32 Å². The number of nitrogens with one attached hydrogen (secondary N) is 1. The maximum atomic E-state index is 13.3. The zero-order valence-electron chi connectivity index (χ0n) is 12.0. The fourth-order valence-electron chi connectivity index (χ4n) is 2.60. The molecule has 1 aliphatic heterocycles. The number of rotatable bonds is 5. The molecule has 1 aromatic rings. The summed E-state index contributed by atoms with van der Waals surface area (Å²) in [6.07, 6.45) is 1.59. The predicted octanol–water partition coefficient (Wildman–Crippen LogP) is 3.32. The van der Waals surface area contributed by atoms with Crippen LogP contribution in [0.5, 0.6) is 0 Å². The second kappa shape index (κ2) is 6.56. The van der Waals surface area contributed by atoms with Crippen LogP contribution in [0.4, 0.5) is 10.1 Å². The molecule has 0 bridgehead atoms. The summed E-state index contributed by atoms with van der Waals surface area (Å²) in [5, 5.41) is 2.96. The van der Waals surface area contributed by atoms with Gasteiger partial charge in [0.2, 0.25) is 5.91 Å². The van der Waals surface area contributed by atoms with Gasteiger partial charge in [-0.05, 0) is 47.0 Å². The first-order valence-corrected chi connectivity index (χ1v) is 7.84. The Morgan fingerprint density at radius 1 is 1.38 bits per heavy atom. The van der Waals surface area contributed by atoms with Crippen LogP contribution in [0.2, 0.25) is 0 Å². The number of hydrogen-bond acceptors (Lipinski definition) is 3. The molecule has 1 unspecified atom stereocenters. The minimum Gasteiger partial charge on any atom is -0.372 e. The van der Waals surface area contributed by atoms with E-state index in [-0.39, 0.29) is 24.3 Å². The lowest BCUT2D eigenvalue weighted by molar-refractivity contribution is -0.141. The minimum atomic E-state index is -0.629. The topological polar surface area (TPSA) is 49.4 Å². The van der Waals surface area contributed by atoms with Crippen molar-refractivity contribution in [2.24, 2.45) is 0 Å². The summed E-state index contributed by atoms with van der Waals surface area (Å²) in [7, 11) is 0. The van der Waals surface area contributed by atoms with Crippen LogP contribution in [-0.4, -0.2) is 28.8 Å². The van der Waals surface area contributed by atoms with Crippen LogP contribution in [0.3, 0.4) is 0 Å². The molecule has 0 radical (unpaired) electrons. The summed E-state index contributed by atoms with van der Waals surface area (Å²) in [6, 6.07) is 3.51. The number of amides is 2. The second-order valence-corrected chi connectivity index (χ2v) is 5.95. The van der Waals surface area contributed by atoms with Gasteiger partial charge in [-0.2, -0.15) is 0 Å². The van der Waals surface area contributed by atoms with Crippen molar-refractivity contribution in [1.29, 1.82) is 0 Å². The van der Waals surface area contributed by atoms with Gasteiger partial charge >= 0.3 is 0 Å². The molecule has 1 fully saturated rings. The molecule has 1 aliphatic rings. The van der Waals surface area contributed by atoms with Crippen LogP contribution in [0.1, 0.15) is 33.1 Å². The summed E-state index contributed by atoms with van der Waals surface area (Å²) >= 11 is 3.31. The molecule has 1 saturated heterocycles. The number of imide groups is 1. The van der Waals surface area contributed by atoms with Crippen molar-refractivity contribution >= 4 is 33.4 Å². The lowest BCUT2D eigenvalue weighted by Crippen LogP contribution is -2.41. The normalized spacial score (nSPS) is 18.7. The summed E-state index contributed by atoms with van der Waals surface area (Å²) in [6.45, 7) is 3.91. The lowest BCUT2D eigenvalue weighted by Gasteiger charge is -2.24. The predicted molar refractivity (Wildman–Crippen MR) is 82.4 cm³/mol. The number of nitrogens with zero attached hydrogens (tertiary/aromatic N) is 1. The van der Waals surface area contributed by atoms with Gasteiger partial charge in [-0.15, -0.1) is 0 Å². The van der Waals surface area contributed by atoms with E-state index in [9.17, 15) is 14.0 Å². The van der Waals surface area contributed by atoms with Gasteiger partial charge in [0.1, 0.15) is 11.9 Å². The van der Waals surface area contributed by atoms with Gasteiger partial charge in [-0.25, -0.2) is 4.39 Å². The molecule has 114 valence electrons. The van der Waals surface area contributed by atoms with E-state index in [0.29, 0.717) is 10.2 Å². The number of carbonyl (C=O) groups is 2. The highest BCUT2D eigenvalue weighted by atomic mass is 79.9. The quantitative estimate of drug-likeness (QED) is 0.823. The Hall–Kier alpha value is -1.43. The van der Waals surface area contributed by atoms with Crippen LogP contribution in [0, 0.1) is 5.82 Å². The van der Waals surface area contributed by atoms with Crippen LogP contribution >= 0.6 is 15.9 Å². The van der Waals surface area contributed by atoms with E-state index in [2.05, 4.69) is 21.2 Å². The minimum absolute atomic E-state index is 0.0623. The second-order valence-electron chi connectivity index (χ2n) is 5.10. The zero-order chi connectivity index (χ0) is 15.6. The molecule has 1 aromatic carbocycles. The fourth-order valence-corrected chi connectivity index (χ4v) is 2.96. The summed E-state index contributed by atoms with van der Waals surface area (Å²) < 4.78 is 13.9. The van der Waals surface area contributed by atoms with Crippen molar-refractivity contribution in [3.8, 4) is 0 Å². The van der Waals surface area contributed by atoms with Crippen molar-refractivity contribution < 1.29 is 14.0 Å². The molecule has 0 aliphatic carbocycles. The average Bonchev–Trinajstić information content (AvgIpc) is 2.72. The van der Waals surface area contributed by atoms with Crippen LogP contribution in [0.15, 0.2) is 22.7 Å². The molecular weight excluding hydrogens is 339 g/mol. The average molecular weight is 357 g/mol. The third kappa shape index (κ3) is 3.26. The first kappa shape index (κ1) is 15.9. The largest absolute Gasteiger partial charge is 0.372 e. The molecule has 2 amide bonds. The fraction of sp³-hybridized carbons (Fsp3) is 0.467. The highest BCUT2D eigenvalue weighted by molar-refractivity contribution is 9.10. The number of halogens is 2. The Bertz CT molecular complexity index is 561. The maximum Gasteiger partial charge on any atom is 0.252 e. The SMILES string of the molecule is CCC(CC)N1C(=O)CC(Nc2cc(F)ccc2Br)C1=O. The Kier molecular flexibility index (Phi) is 4.98. The standard InChI is InChI=1S/C15H18BrFN2O2/c1-3-10(4-2)19-14(20)8-13(15(19)21)18-12-7-9(17)5-6-11(12)16/h5-7,10,13,18H,3-4,8H2,1-2H3. The molecule has 0 saturated carbocycles. The maximum absolute atomic E-state index is 13.3. The Morgan fingerprint density at radius 3 is 2.67 bits per heavy atom. The monoisotopic (exact) mass is 356 g/mol. The Labute approximate surface area is 131 Å². The molecule has 1 atom stereocenters. The highest BCUT2D eigenvalue weighted by Crippen LogP contribution is 2.27. The summed E-state index contributed by atoms with van der Waals surface area (Å²) in [5.74, 6) is -0.794. The number of anilines is 1. The van der Waals surface area contributed by atoms with E-state index in [1.165, 1.54) is 17.0 Å². The summed E-state index contributed by atoms with van der Waals surface area (Å²) in [5.41, 5.74) is 0.479. The lowest BCUT2D eigenvalue weighted by atomic mass is 10.1. The summed E-state index contributed by atoms with van der Waals surface area (Å²) in [4.78, 5) is 25.8. The number of likely N-dealkylation sites (tertiary alicyclic amines) is 1. The molecule has 0 aromatic heterocycles. The van der Waals surface area contributed by atoms with Gasteiger partial charge in [-0.3, -0.25) is 14.5 Å². The van der Waals surface area contributed by atoms with E-state index in [0.717, 1.165) is 12.8 Å². The van der Waals surface area contributed by atoms with Crippen LogP contribution in [-0.2, 0) is 9.59 Å². The number of benzene rings is 1. The first-order chi connectivity index (χ1) is 9.97. The Morgan fingerprint density at radius 2 is 2.05 bits per heavy atom. The Balaban J connectivity index is 2.17. The van der Waals surface area contributed by atoms with E-state index in [4.69, 9.17) is 0 Å². The van der Waals surface area contributed by atoms with Gasteiger partial charge in [0.15, 0.2) is 0 Å². The van der Waals surface area contributed by atoms with E-state index in [1.54, 1.807) is 6.07 Å². The van der Waals surface area contributed by atoms with Gasteiger partial charge in [-0.1, -0.05) is 13.8 Å².